The van der Waals surface area contributed by atoms with Crippen molar-refractivity contribution in [2.24, 2.45) is 0 Å². The van der Waals surface area contributed by atoms with Crippen LogP contribution in [0, 0.1) is 0 Å². The summed E-state index contributed by atoms with van der Waals surface area (Å²) in [5, 5.41) is 15.4. The Balaban J connectivity index is 1.55. The maximum Gasteiger partial charge on any atom is 0.176 e. The number of fused-ring (bicyclic) bond motifs is 3. The second-order valence-corrected chi connectivity index (χ2v) is 7.36. The Hall–Kier alpha value is -1.60. The number of benzene rings is 1. The van der Waals surface area contributed by atoms with Gasteiger partial charge in [0.1, 0.15) is 11.7 Å². The third-order valence-corrected chi connectivity index (χ3v) is 5.23. The molecule has 2 N–H and O–H groups in total. The number of furan rings is 1. The first-order valence-corrected chi connectivity index (χ1v) is 8.97. The Labute approximate surface area is 147 Å². The third-order valence-electron chi connectivity index (χ3n) is 5.23. The summed E-state index contributed by atoms with van der Waals surface area (Å²) >= 11 is 0. The van der Waals surface area contributed by atoms with E-state index in [9.17, 15) is 5.11 Å². The molecule has 6 nitrogen and oxygen atoms in total. The Kier molecular flexibility index (Phi) is 4.45. The van der Waals surface area contributed by atoms with Crippen molar-refractivity contribution in [3.05, 3.63) is 30.0 Å². The summed E-state index contributed by atoms with van der Waals surface area (Å²) in [7, 11) is 0. The Morgan fingerprint density at radius 2 is 2.04 bits per heavy atom. The van der Waals surface area contributed by atoms with Crippen molar-refractivity contribution in [2.45, 2.75) is 31.6 Å². The number of hydrogen-bond acceptors (Lipinski definition) is 6. The quantitative estimate of drug-likeness (QED) is 0.882. The van der Waals surface area contributed by atoms with Crippen molar-refractivity contribution in [2.75, 3.05) is 39.4 Å². The van der Waals surface area contributed by atoms with Crippen LogP contribution < -0.4 is 10.1 Å². The van der Waals surface area contributed by atoms with Gasteiger partial charge in [0.25, 0.3) is 0 Å². The van der Waals surface area contributed by atoms with Gasteiger partial charge in [-0.25, -0.2) is 0 Å². The van der Waals surface area contributed by atoms with Gasteiger partial charge in [-0.2, -0.15) is 0 Å². The molecule has 0 spiro atoms. The van der Waals surface area contributed by atoms with Crippen LogP contribution in [-0.2, 0) is 4.74 Å². The monoisotopic (exact) mass is 346 g/mol. The first-order chi connectivity index (χ1) is 12.1. The molecule has 25 heavy (non-hydrogen) atoms. The molecule has 3 heterocycles. The van der Waals surface area contributed by atoms with Crippen molar-refractivity contribution in [3.63, 3.8) is 0 Å². The number of aliphatic hydroxyl groups is 1. The van der Waals surface area contributed by atoms with Crippen molar-refractivity contribution in [1.29, 1.82) is 0 Å². The number of ether oxygens (including phenoxy) is 2. The number of rotatable bonds is 4. The van der Waals surface area contributed by atoms with Crippen LogP contribution in [0.25, 0.3) is 11.0 Å². The lowest BCUT2D eigenvalue weighted by Crippen LogP contribution is -2.53. The van der Waals surface area contributed by atoms with E-state index in [0.717, 1.165) is 61.7 Å². The van der Waals surface area contributed by atoms with Gasteiger partial charge in [-0.05, 0) is 19.9 Å². The molecule has 0 radical (unpaired) electrons. The molecule has 2 aliphatic heterocycles. The summed E-state index contributed by atoms with van der Waals surface area (Å²) < 4.78 is 17.1. The van der Waals surface area contributed by atoms with Gasteiger partial charge in [-0.1, -0.05) is 12.1 Å². The van der Waals surface area contributed by atoms with Crippen LogP contribution in [0.2, 0.25) is 0 Å². The summed E-state index contributed by atoms with van der Waals surface area (Å²) in [6.07, 6.45) is 1.03. The maximum atomic E-state index is 10.9. The normalized spacial score (nSPS) is 26.4. The fourth-order valence-electron chi connectivity index (χ4n) is 3.69. The average Bonchev–Trinajstić information content (AvgIpc) is 3.08. The van der Waals surface area contributed by atoms with Crippen molar-refractivity contribution in [3.8, 4) is 5.75 Å². The SMILES string of the molecule is CC1(C)Oc2c(ccc3ccoc23)C(NCCN2CCOCC2)C1O. The van der Waals surface area contributed by atoms with Crippen molar-refractivity contribution < 1.29 is 19.0 Å². The molecule has 0 aliphatic carbocycles. The summed E-state index contributed by atoms with van der Waals surface area (Å²) in [5.41, 5.74) is 1.01. The highest BCUT2D eigenvalue weighted by molar-refractivity contribution is 5.85. The smallest absolute Gasteiger partial charge is 0.176 e. The molecule has 0 amide bonds. The van der Waals surface area contributed by atoms with Crippen LogP contribution in [0.3, 0.4) is 0 Å². The standard InChI is InChI=1S/C19H26N2O4/c1-19(2)18(22)15(20-6-7-21-8-11-23-12-9-21)14-4-3-13-5-10-24-16(13)17(14)25-19/h3-5,10,15,18,20,22H,6-9,11-12H2,1-2H3. The van der Waals surface area contributed by atoms with Crippen LogP contribution in [0.1, 0.15) is 25.5 Å². The van der Waals surface area contributed by atoms with E-state index in [1.165, 1.54) is 0 Å². The molecule has 0 saturated carbocycles. The molecule has 1 fully saturated rings. The van der Waals surface area contributed by atoms with Gasteiger partial charge >= 0.3 is 0 Å². The second-order valence-electron chi connectivity index (χ2n) is 7.36. The first-order valence-electron chi connectivity index (χ1n) is 8.97. The van der Waals surface area contributed by atoms with Gasteiger partial charge in [0.2, 0.25) is 0 Å². The highest BCUT2D eigenvalue weighted by atomic mass is 16.5. The minimum Gasteiger partial charge on any atom is -0.481 e. The molecule has 1 saturated heterocycles. The topological polar surface area (TPSA) is 67.1 Å². The van der Waals surface area contributed by atoms with E-state index in [1.54, 1.807) is 6.26 Å². The van der Waals surface area contributed by atoms with Crippen LogP contribution >= 0.6 is 0 Å². The number of hydrogen-bond donors (Lipinski definition) is 2. The summed E-state index contributed by atoms with van der Waals surface area (Å²) in [6, 6.07) is 5.79. The third kappa shape index (κ3) is 3.15. The molecule has 2 aliphatic rings. The molecular formula is C19H26N2O4. The van der Waals surface area contributed by atoms with E-state index in [1.807, 2.05) is 32.0 Å². The number of morpholine rings is 1. The summed E-state index contributed by atoms with van der Waals surface area (Å²) in [5.74, 6) is 0.738. The Morgan fingerprint density at radius 3 is 2.84 bits per heavy atom. The molecule has 2 aromatic rings. The molecule has 1 aromatic heterocycles. The summed E-state index contributed by atoms with van der Waals surface area (Å²) in [4.78, 5) is 2.38. The molecule has 136 valence electrons. The van der Waals surface area contributed by atoms with Gasteiger partial charge in [-0.15, -0.1) is 0 Å². The highest BCUT2D eigenvalue weighted by Gasteiger charge is 2.43. The molecule has 2 atom stereocenters. The second kappa shape index (κ2) is 6.61. The van der Waals surface area contributed by atoms with Crippen molar-refractivity contribution in [1.82, 2.24) is 10.2 Å². The molecule has 4 rings (SSSR count). The molecule has 1 aromatic carbocycles. The van der Waals surface area contributed by atoms with Gasteiger partial charge in [0.05, 0.1) is 25.5 Å². The molecule has 6 heteroatoms. The van der Waals surface area contributed by atoms with E-state index >= 15 is 0 Å². The average molecular weight is 346 g/mol. The predicted molar refractivity (Wildman–Crippen MR) is 94.9 cm³/mol. The molecule has 2 unspecified atom stereocenters. The lowest BCUT2D eigenvalue weighted by Gasteiger charge is -2.42. The fourth-order valence-corrected chi connectivity index (χ4v) is 3.69. The minimum atomic E-state index is -0.690. The molecule has 0 bridgehead atoms. The maximum absolute atomic E-state index is 10.9. The number of aliphatic hydroxyl groups excluding tert-OH is 1. The van der Waals surface area contributed by atoms with Crippen LogP contribution in [0.5, 0.6) is 5.75 Å². The Morgan fingerprint density at radius 1 is 1.24 bits per heavy atom. The first kappa shape index (κ1) is 16.8. The Bertz CT molecular complexity index is 736. The lowest BCUT2D eigenvalue weighted by molar-refractivity contribution is -0.0645. The van der Waals surface area contributed by atoms with Crippen LogP contribution in [0.4, 0.5) is 0 Å². The fraction of sp³-hybridized carbons (Fsp3) is 0.579. The van der Waals surface area contributed by atoms with E-state index in [4.69, 9.17) is 13.9 Å². The van der Waals surface area contributed by atoms with E-state index in [-0.39, 0.29) is 6.04 Å². The highest BCUT2D eigenvalue weighted by Crippen LogP contribution is 2.44. The summed E-state index contributed by atoms with van der Waals surface area (Å²) in [6.45, 7) is 9.09. The van der Waals surface area contributed by atoms with Crippen LogP contribution in [0.15, 0.2) is 28.9 Å². The number of nitrogens with zero attached hydrogens (tertiary/aromatic N) is 1. The van der Waals surface area contributed by atoms with Crippen LogP contribution in [-0.4, -0.2) is 61.1 Å². The lowest BCUT2D eigenvalue weighted by atomic mass is 9.86. The van der Waals surface area contributed by atoms with E-state index in [2.05, 4.69) is 10.2 Å². The largest absolute Gasteiger partial charge is 0.481 e. The minimum absolute atomic E-state index is 0.186. The number of nitrogens with one attached hydrogen (secondary N) is 1. The van der Waals surface area contributed by atoms with Gasteiger partial charge < -0.3 is 24.3 Å². The zero-order chi connectivity index (χ0) is 17.4. The van der Waals surface area contributed by atoms with Crippen molar-refractivity contribution >= 4 is 11.0 Å². The van der Waals surface area contributed by atoms with Gasteiger partial charge in [-0.3, -0.25) is 4.90 Å². The van der Waals surface area contributed by atoms with E-state index in [0.29, 0.717) is 0 Å². The predicted octanol–water partition coefficient (Wildman–Crippen LogP) is 1.93. The zero-order valence-electron chi connectivity index (χ0n) is 14.8. The van der Waals surface area contributed by atoms with E-state index < -0.39 is 11.7 Å². The molecular weight excluding hydrogens is 320 g/mol. The van der Waals surface area contributed by atoms with Gasteiger partial charge in [0, 0.05) is 37.1 Å². The van der Waals surface area contributed by atoms with Gasteiger partial charge in [0.15, 0.2) is 11.3 Å². The zero-order valence-corrected chi connectivity index (χ0v) is 14.8.